The maximum Gasteiger partial charge on any atom is 0.145 e. The van der Waals surface area contributed by atoms with E-state index in [0.717, 1.165) is 37.1 Å². The summed E-state index contributed by atoms with van der Waals surface area (Å²) in [6.45, 7) is 6.10. The van der Waals surface area contributed by atoms with Crippen molar-refractivity contribution < 1.29 is 4.39 Å². The molecule has 0 aromatic heterocycles. The lowest BCUT2D eigenvalue weighted by Crippen LogP contribution is -2.29. The Labute approximate surface area is 107 Å². The lowest BCUT2D eigenvalue weighted by molar-refractivity contribution is 0.446. The van der Waals surface area contributed by atoms with E-state index in [-0.39, 0.29) is 16.8 Å². The van der Waals surface area contributed by atoms with Crippen LogP contribution < -0.4 is 5.32 Å². The summed E-state index contributed by atoms with van der Waals surface area (Å²) in [6, 6.07) is 3.74. The van der Waals surface area contributed by atoms with Crippen molar-refractivity contribution in [2.45, 2.75) is 38.5 Å². The van der Waals surface area contributed by atoms with Crippen LogP contribution in [0.5, 0.6) is 0 Å². The van der Waals surface area contributed by atoms with Crippen molar-refractivity contribution in [2.75, 3.05) is 13.1 Å². The number of halogens is 2. The van der Waals surface area contributed by atoms with E-state index in [9.17, 15) is 4.39 Å². The molecule has 1 unspecified atom stereocenters. The van der Waals surface area contributed by atoms with E-state index in [1.165, 1.54) is 0 Å². The highest BCUT2D eigenvalue weighted by molar-refractivity contribution is 6.30. The Kier molecular flexibility index (Phi) is 4.05. The number of nitrogens with one attached hydrogen (secondary N) is 1. The Hall–Kier alpha value is -0.600. The molecule has 1 saturated heterocycles. The Morgan fingerprint density at radius 3 is 2.76 bits per heavy atom. The molecule has 3 heteroatoms. The third-order valence-corrected chi connectivity index (χ3v) is 3.76. The molecule has 1 N–H and O–H groups in total. The molecule has 0 aliphatic carbocycles. The standard InChI is InChI=1S/C14H19ClFN/c1-9(2)11-6-12(14(16)13(15)7-11)10-4-3-5-17-8-10/h6-7,9-10,17H,3-5,8H2,1-2H3. The molecule has 0 saturated carbocycles. The fourth-order valence-corrected chi connectivity index (χ4v) is 2.61. The van der Waals surface area contributed by atoms with Gasteiger partial charge in [-0.2, -0.15) is 0 Å². The predicted molar refractivity (Wildman–Crippen MR) is 70.3 cm³/mol. The SMILES string of the molecule is CC(C)c1cc(Cl)c(F)c(C2CCCNC2)c1. The van der Waals surface area contributed by atoms with Crippen LogP contribution in [0.15, 0.2) is 12.1 Å². The highest BCUT2D eigenvalue weighted by Crippen LogP contribution is 2.32. The molecule has 1 fully saturated rings. The van der Waals surface area contributed by atoms with E-state index >= 15 is 0 Å². The van der Waals surface area contributed by atoms with Gasteiger partial charge in [0.1, 0.15) is 5.82 Å². The summed E-state index contributed by atoms with van der Waals surface area (Å²) < 4.78 is 14.1. The van der Waals surface area contributed by atoms with Crippen molar-refractivity contribution in [1.82, 2.24) is 5.32 Å². The van der Waals surface area contributed by atoms with Crippen molar-refractivity contribution in [3.8, 4) is 0 Å². The van der Waals surface area contributed by atoms with Gasteiger partial charge in [0, 0.05) is 6.54 Å². The quantitative estimate of drug-likeness (QED) is 0.840. The van der Waals surface area contributed by atoms with Crippen LogP contribution in [0.2, 0.25) is 5.02 Å². The number of hydrogen-bond acceptors (Lipinski definition) is 1. The van der Waals surface area contributed by atoms with Gasteiger partial charge in [-0.3, -0.25) is 0 Å². The predicted octanol–water partition coefficient (Wildman–Crippen LogP) is 4.07. The molecule has 1 aliphatic rings. The Balaban J connectivity index is 2.36. The van der Waals surface area contributed by atoms with Gasteiger partial charge in [0.05, 0.1) is 5.02 Å². The maximum absolute atomic E-state index is 14.1. The van der Waals surface area contributed by atoms with Crippen LogP contribution in [0.25, 0.3) is 0 Å². The van der Waals surface area contributed by atoms with Crippen LogP contribution in [0, 0.1) is 5.82 Å². The third kappa shape index (κ3) is 2.80. The van der Waals surface area contributed by atoms with Crippen molar-refractivity contribution in [3.63, 3.8) is 0 Å². The first-order valence-electron chi connectivity index (χ1n) is 6.29. The van der Waals surface area contributed by atoms with Crippen molar-refractivity contribution in [2.24, 2.45) is 0 Å². The first-order valence-corrected chi connectivity index (χ1v) is 6.67. The third-order valence-electron chi connectivity index (χ3n) is 3.48. The molecule has 1 aromatic carbocycles. The van der Waals surface area contributed by atoms with Gasteiger partial charge < -0.3 is 5.32 Å². The Morgan fingerprint density at radius 2 is 2.18 bits per heavy atom. The molecule has 0 bridgehead atoms. The molecule has 2 rings (SSSR count). The van der Waals surface area contributed by atoms with Gasteiger partial charge in [0.2, 0.25) is 0 Å². The van der Waals surface area contributed by atoms with E-state index in [1.54, 1.807) is 6.07 Å². The summed E-state index contributed by atoms with van der Waals surface area (Å²) in [5.74, 6) is 0.410. The van der Waals surface area contributed by atoms with Gasteiger partial charge in [-0.05, 0) is 48.4 Å². The molecular weight excluding hydrogens is 237 g/mol. The van der Waals surface area contributed by atoms with Gasteiger partial charge in [-0.25, -0.2) is 4.39 Å². The van der Waals surface area contributed by atoms with Gasteiger partial charge in [-0.1, -0.05) is 31.5 Å². The van der Waals surface area contributed by atoms with Crippen molar-refractivity contribution in [1.29, 1.82) is 0 Å². The van der Waals surface area contributed by atoms with E-state index in [4.69, 9.17) is 11.6 Å². The molecule has 0 amide bonds. The van der Waals surface area contributed by atoms with Gasteiger partial charge in [0.15, 0.2) is 0 Å². The van der Waals surface area contributed by atoms with E-state index in [0.29, 0.717) is 5.92 Å². The summed E-state index contributed by atoms with van der Waals surface area (Å²) in [7, 11) is 0. The summed E-state index contributed by atoms with van der Waals surface area (Å²) in [6.07, 6.45) is 2.15. The molecular formula is C14H19ClFN. The van der Waals surface area contributed by atoms with Crippen LogP contribution in [0.3, 0.4) is 0 Å². The highest BCUT2D eigenvalue weighted by atomic mass is 35.5. The fraction of sp³-hybridized carbons (Fsp3) is 0.571. The van der Waals surface area contributed by atoms with Crippen LogP contribution in [-0.4, -0.2) is 13.1 Å². The summed E-state index contributed by atoms with van der Waals surface area (Å²) >= 11 is 5.99. The molecule has 94 valence electrons. The molecule has 1 atom stereocenters. The zero-order chi connectivity index (χ0) is 12.4. The van der Waals surface area contributed by atoms with Gasteiger partial charge >= 0.3 is 0 Å². The van der Waals surface area contributed by atoms with Gasteiger partial charge in [-0.15, -0.1) is 0 Å². The van der Waals surface area contributed by atoms with Crippen LogP contribution in [0.4, 0.5) is 4.39 Å². The molecule has 1 aliphatic heterocycles. The lowest BCUT2D eigenvalue weighted by Gasteiger charge is -2.24. The summed E-state index contributed by atoms with van der Waals surface area (Å²) in [5, 5.41) is 3.58. The number of hydrogen-bond donors (Lipinski definition) is 1. The molecule has 1 aromatic rings. The number of piperidine rings is 1. The molecule has 0 radical (unpaired) electrons. The monoisotopic (exact) mass is 255 g/mol. The molecule has 1 heterocycles. The minimum absolute atomic E-state index is 0.232. The minimum Gasteiger partial charge on any atom is -0.316 e. The average Bonchev–Trinajstić information content (AvgIpc) is 2.33. The van der Waals surface area contributed by atoms with Crippen LogP contribution >= 0.6 is 11.6 Å². The smallest absolute Gasteiger partial charge is 0.145 e. The number of benzene rings is 1. The summed E-state index contributed by atoms with van der Waals surface area (Å²) in [5.41, 5.74) is 1.91. The minimum atomic E-state index is -0.232. The average molecular weight is 256 g/mol. The van der Waals surface area contributed by atoms with Crippen molar-refractivity contribution >= 4 is 11.6 Å². The second-order valence-electron chi connectivity index (χ2n) is 5.10. The Morgan fingerprint density at radius 1 is 1.41 bits per heavy atom. The fourth-order valence-electron chi connectivity index (χ4n) is 2.38. The number of rotatable bonds is 2. The topological polar surface area (TPSA) is 12.0 Å². The van der Waals surface area contributed by atoms with E-state index in [1.807, 2.05) is 6.07 Å². The van der Waals surface area contributed by atoms with Gasteiger partial charge in [0.25, 0.3) is 0 Å². The van der Waals surface area contributed by atoms with Crippen molar-refractivity contribution in [3.05, 3.63) is 34.1 Å². The highest BCUT2D eigenvalue weighted by Gasteiger charge is 2.21. The zero-order valence-corrected chi connectivity index (χ0v) is 11.1. The van der Waals surface area contributed by atoms with E-state index < -0.39 is 0 Å². The van der Waals surface area contributed by atoms with Crippen LogP contribution in [0.1, 0.15) is 49.7 Å². The molecule has 17 heavy (non-hydrogen) atoms. The maximum atomic E-state index is 14.1. The molecule has 1 nitrogen and oxygen atoms in total. The lowest BCUT2D eigenvalue weighted by atomic mass is 9.88. The first-order chi connectivity index (χ1) is 8.09. The second-order valence-corrected chi connectivity index (χ2v) is 5.51. The normalized spacial score (nSPS) is 20.9. The second kappa shape index (κ2) is 5.36. The first kappa shape index (κ1) is 12.8. The largest absolute Gasteiger partial charge is 0.316 e. The Bertz CT molecular complexity index is 397. The van der Waals surface area contributed by atoms with Crippen LogP contribution in [-0.2, 0) is 0 Å². The molecule has 0 spiro atoms. The van der Waals surface area contributed by atoms with E-state index in [2.05, 4.69) is 19.2 Å². The zero-order valence-electron chi connectivity index (χ0n) is 10.4. The summed E-state index contributed by atoms with van der Waals surface area (Å²) in [4.78, 5) is 0.